The molecule has 0 aliphatic carbocycles. The number of hydrogen-bond acceptors (Lipinski definition) is 3. The molecule has 0 spiro atoms. The van der Waals surface area contributed by atoms with E-state index in [2.05, 4.69) is 15.5 Å². The lowest BCUT2D eigenvalue weighted by Crippen LogP contribution is -2.46. The number of carbonyl (C=O) groups excluding carboxylic acids is 2. The SMILES string of the molecule is COC(=O)NNC(=O)NCc1ccccc1. The number of rotatable bonds is 2. The number of ether oxygens (including phenoxy) is 1. The number of nitrogens with one attached hydrogen (secondary N) is 3. The van der Waals surface area contributed by atoms with Gasteiger partial charge in [0.1, 0.15) is 0 Å². The van der Waals surface area contributed by atoms with Gasteiger partial charge in [-0.05, 0) is 5.56 Å². The molecule has 0 bridgehead atoms. The maximum atomic E-state index is 11.1. The van der Waals surface area contributed by atoms with Crippen molar-refractivity contribution in [1.82, 2.24) is 16.2 Å². The van der Waals surface area contributed by atoms with Crippen LogP contribution in [0.1, 0.15) is 5.56 Å². The van der Waals surface area contributed by atoms with Crippen LogP contribution in [0.2, 0.25) is 0 Å². The summed E-state index contributed by atoms with van der Waals surface area (Å²) in [5.74, 6) is 0. The first-order valence-corrected chi connectivity index (χ1v) is 4.64. The Bertz CT molecular complexity index is 354. The summed E-state index contributed by atoms with van der Waals surface area (Å²) in [6, 6.07) is 8.91. The molecule has 1 aromatic carbocycles. The first kappa shape index (κ1) is 11.8. The van der Waals surface area contributed by atoms with E-state index >= 15 is 0 Å². The van der Waals surface area contributed by atoms with Gasteiger partial charge in [0.25, 0.3) is 0 Å². The zero-order chi connectivity index (χ0) is 11.8. The number of urea groups is 1. The van der Waals surface area contributed by atoms with Crippen LogP contribution < -0.4 is 16.2 Å². The first-order valence-electron chi connectivity index (χ1n) is 4.64. The van der Waals surface area contributed by atoms with Crippen LogP contribution in [0.4, 0.5) is 9.59 Å². The van der Waals surface area contributed by atoms with Crippen LogP contribution in [-0.4, -0.2) is 19.2 Å². The van der Waals surface area contributed by atoms with Crippen molar-refractivity contribution in [3.63, 3.8) is 0 Å². The van der Waals surface area contributed by atoms with Gasteiger partial charge in [-0.1, -0.05) is 30.3 Å². The van der Waals surface area contributed by atoms with Crippen LogP contribution in [-0.2, 0) is 11.3 Å². The largest absolute Gasteiger partial charge is 0.452 e. The number of amides is 3. The van der Waals surface area contributed by atoms with E-state index in [0.717, 1.165) is 5.56 Å². The van der Waals surface area contributed by atoms with Crippen LogP contribution in [0.15, 0.2) is 30.3 Å². The molecule has 6 nitrogen and oxygen atoms in total. The topological polar surface area (TPSA) is 79.5 Å². The number of carbonyl (C=O) groups is 2. The lowest BCUT2D eigenvalue weighted by atomic mass is 10.2. The van der Waals surface area contributed by atoms with Crippen LogP contribution in [0.5, 0.6) is 0 Å². The highest BCUT2D eigenvalue weighted by Gasteiger charge is 2.02. The van der Waals surface area contributed by atoms with Crippen molar-refractivity contribution in [3.8, 4) is 0 Å². The maximum Gasteiger partial charge on any atom is 0.425 e. The number of benzene rings is 1. The number of hydrazine groups is 1. The van der Waals surface area contributed by atoms with Crippen LogP contribution >= 0.6 is 0 Å². The first-order chi connectivity index (χ1) is 7.72. The minimum absolute atomic E-state index is 0.384. The van der Waals surface area contributed by atoms with Gasteiger partial charge in [-0.15, -0.1) is 0 Å². The second-order valence-corrected chi connectivity index (χ2v) is 2.91. The van der Waals surface area contributed by atoms with E-state index in [4.69, 9.17) is 0 Å². The highest BCUT2D eigenvalue weighted by Crippen LogP contribution is 1.96. The van der Waals surface area contributed by atoms with Gasteiger partial charge >= 0.3 is 12.1 Å². The second kappa shape index (κ2) is 6.28. The summed E-state index contributed by atoms with van der Waals surface area (Å²) in [7, 11) is 1.21. The third-order valence-electron chi connectivity index (χ3n) is 1.76. The Hall–Kier alpha value is -2.24. The number of methoxy groups -OCH3 is 1. The monoisotopic (exact) mass is 223 g/mol. The standard InChI is InChI=1S/C10H13N3O3/c1-16-10(15)13-12-9(14)11-7-8-5-3-2-4-6-8/h2-6H,7H2,1H3,(H,13,15)(H2,11,12,14). The summed E-state index contributed by atoms with van der Waals surface area (Å²) in [4.78, 5) is 21.8. The van der Waals surface area contributed by atoms with Gasteiger partial charge in [0.2, 0.25) is 0 Å². The average molecular weight is 223 g/mol. The zero-order valence-corrected chi connectivity index (χ0v) is 8.82. The lowest BCUT2D eigenvalue weighted by Gasteiger charge is -2.07. The summed E-state index contributed by atoms with van der Waals surface area (Å²) in [6.07, 6.45) is -0.727. The van der Waals surface area contributed by atoms with Gasteiger partial charge in [-0.2, -0.15) is 0 Å². The van der Waals surface area contributed by atoms with E-state index < -0.39 is 12.1 Å². The fourth-order valence-electron chi connectivity index (χ4n) is 0.981. The minimum atomic E-state index is -0.727. The molecule has 86 valence electrons. The minimum Gasteiger partial charge on any atom is -0.452 e. The molecule has 1 rings (SSSR count). The highest BCUT2D eigenvalue weighted by molar-refractivity contribution is 5.77. The van der Waals surface area contributed by atoms with E-state index in [0.29, 0.717) is 6.54 Å². The molecule has 16 heavy (non-hydrogen) atoms. The highest BCUT2D eigenvalue weighted by atomic mass is 16.5. The van der Waals surface area contributed by atoms with Gasteiger partial charge in [0.05, 0.1) is 7.11 Å². The Labute approximate surface area is 92.9 Å². The lowest BCUT2D eigenvalue weighted by molar-refractivity contribution is 0.165. The molecule has 3 N–H and O–H groups in total. The van der Waals surface area contributed by atoms with Gasteiger partial charge in [0, 0.05) is 6.54 Å². The van der Waals surface area contributed by atoms with E-state index in [1.165, 1.54) is 7.11 Å². The molecular formula is C10H13N3O3. The molecule has 0 aromatic heterocycles. The van der Waals surface area contributed by atoms with E-state index in [9.17, 15) is 9.59 Å². The van der Waals surface area contributed by atoms with Crippen molar-refractivity contribution in [2.45, 2.75) is 6.54 Å². The normalized spacial score (nSPS) is 9.06. The van der Waals surface area contributed by atoms with Crippen LogP contribution in [0.25, 0.3) is 0 Å². The predicted molar refractivity (Wildman–Crippen MR) is 57.4 cm³/mol. The van der Waals surface area contributed by atoms with E-state index in [1.54, 1.807) is 0 Å². The fraction of sp³-hybridized carbons (Fsp3) is 0.200. The molecule has 6 heteroatoms. The molecule has 0 fully saturated rings. The average Bonchev–Trinajstić information content (AvgIpc) is 2.34. The third kappa shape index (κ3) is 4.32. The molecule has 0 heterocycles. The Morgan fingerprint density at radius 3 is 2.50 bits per heavy atom. The summed E-state index contributed by atoms with van der Waals surface area (Å²) in [5.41, 5.74) is 5.14. The summed E-state index contributed by atoms with van der Waals surface area (Å²) < 4.78 is 4.27. The van der Waals surface area contributed by atoms with Crippen LogP contribution in [0, 0.1) is 0 Å². The van der Waals surface area contributed by atoms with Crippen molar-refractivity contribution in [2.24, 2.45) is 0 Å². The summed E-state index contributed by atoms with van der Waals surface area (Å²) >= 11 is 0. The molecule has 0 aliphatic heterocycles. The molecule has 0 saturated carbocycles. The van der Waals surface area contributed by atoms with Gasteiger partial charge in [0.15, 0.2) is 0 Å². The van der Waals surface area contributed by atoms with Gasteiger partial charge < -0.3 is 10.1 Å². The summed E-state index contributed by atoms with van der Waals surface area (Å²) in [6.45, 7) is 0.384. The molecule has 0 aliphatic rings. The van der Waals surface area contributed by atoms with E-state index in [1.807, 2.05) is 35.8 Å². The van der Waals surface area contributed by atoms with Crippen molar-refractivity contribution in [3.05, 3.63) is 35.9 Å². The Kier molecular flexibility index (Phi) is 4.65. The molecule has 3 amide bonds. The third-order valence-corrected chi connectivity index (χ3v) is 1.76. The van der Waals surface area contributed by atoms with Crippen molar-refractivity contribution in [2.75, 3.05) is 7.11 Å². The molecule has 0 radical (unpaired) electrons. The molecular weight excluding hydrogens is 210 g/mol. The molecule has 1 aromatic rings. The Balaban J connectivity index is 2.23. The summed E-state index contributed by atoms with van der Waals surface area (Å²) in [5, 5.41) is 2.56. The predicted octanol–water partition coefficient (Wildman–Crippen LogP) is 0.757. The quantitative estimate of drug-likeness (QED) is 0.647. The van der Waals surface area contributed by atoms with Crippen molar-refractivity contribution >= 4 is 12.1 Å². The van der Waals surface area contributed by atoms with Gasteiger partial charge in [-0.3, -0.25) is 0 Å². The molecule has 0 unspecified atom stereocenters. The Morgan fingerprint density at radius 1 is 1.19 bits per heavy atom. The molecule has 0 atom stereocenters. The second-order valence-electron chi connectivity index (χ2n) is 2.91. The van der Waals surface area contributed by atoms with Crippen molar-refractivity contribution < 1.29 is 14.3 Å². The zero-order valence-electron chi connectivity index (χ0n) is 8.82. The maximum absolute atomic E-state index is 11.1. The number of hydrogen-bond donors (Lipinski definition) is 3. The Morgan fingerprint density at radius 2 is 1.88 bits per heavy atom. The molecule has 0 saturated heterocycles. The fourth-order valence-corrected chi connectivity index (χ4v) is 0.981. The van der Waals surface area contributed by atoms with Gasteiger partial charge in [-0.25, -0.2) is 20.4 Å². The van der Waals surface area contributed by atoms with E-state index in [-0.39, 0.29) is 0 Å². The smallest absolute Gasteiger partial charge is 0.425 e. The van der Waals surface area contributed by atoms with Crippen LogP contribution in [0.3, 0.4) is 0 Å². The van der Waals surface area contributed by atoms with Crippen molar-refractivity contribution in [1.29, 1.82) is 0 Å².